The van der Waals surface area contributed by atoms with Crippen molar-refractivity contribution in [2.24, 2.45) is 0 Å². The van der Waals surface area contributed by atoms with E-state index in [9.17, 15) is 9.90 Å². The molecule has 3 aromatic heterocycles. The van der Waals surface area contributed by atoms with Crippen LogP contribution in [-0.4, -0.2) is 57.6 Å². The molecule has 3 heterocycles. The highest BCUT2D eigenvalue weighted by molar-refractivity contribution is 5.78. The number of fused-ring (bicyclic) bond motifs is 1. The number of nitrogens with one attached hydrogen (secondary N) is 1. The zero-order valence-electron chi connectivity index (χ0n) is 17.5. The van der Waals surface area contributed by atoms with Gasteiger partial charge < -0.3 is 19.9 Å². The summed E-state index contributed by atoms with van der Waals surface area (Å²) < 4.78 is 12.3. The number of rotatable bonds is 10. The highest BCUT2D eigenvalue weighted by Gasteiger charge is 2.14. The van der Waals surface area contributed by atoms with Crippen molar-refractivity contribution in [1.82, 2.24) is 19.5 Å². The van der Waals surface area contributed by atoms with Gasteiger partial charge in [0.05, 0.1) is 25.3 Å². The van der Waals surface area contributed by atoms with Gasteiger partial charge in [0.15, 0.2) is 11.5 Å². The van der Waals surface area contributed by atoms with Crippen molar-refractivity contribution in [3.8, 4) is 17.0 Å². The first-order valence-corrected chi connectivity index (χ1v) is 9.94. The lowest BCUT2D eigenvalue weighted by Crippen LogP contribution is -2.29. The molecule has 0 amide bonds. The van der Waals surface area contributed by atoms with Gasteiger partial charge in [0.25, 0.3) is 5.56 Å². The van der Waals surface area contributed by atoms with E-state index in [2.05, 4.69) is 20.3 Å². The van der Waals surface area contributed by atoms with Gasteiger partial charge in [-0.05, 0) is 25.5 Å². The van der Waals surface area contributed by atoms with E-state index in [1.807, 2.05) is 19.1 Å². The van der Waals surface area contributed by atoms with Crippen LogP contribution in [0.5, 0.6) is 5.88 Å². The van der Waals surface area contributed by atoms with E-state index in [1.165, 1.54) is 0 Å². The number of ether oxygens (including phenoxy) is 2. The van der Waals surface area contributed by atoms with Crippen LogP contribution in [0.25, 0.3) is 22.3 Å². The molecule has 160 valence electrons. The van der Waals surface area contributed by atoms with Crippen molar-refractivity contribution in [3.05, 3.63) is 40.9 Å². The molecule has 0 saturated heterocycles. The normalized spacial score (nSPS) is 12.1. The summed E-state index contributed by atoms with van der Waals surface area (Å²) in [4.78, 5) is 26.1. The molecule has 0 aliphatic heterocycles. The Morgan fingerprint density at radius 2 is 2.00 bits per heavy atom. The summed E-state index contributed by atoms with van der Waals surface area (Å²) in [5.41, 5.74) is 2.42. The first-order valence-electron chi connectivity index (χ1n) is 9.94. The van der Waals surface area contributed by atoms with Gasteiger partial charge in [0.2, 0.25) is 5.88 Å². The molecule has 2 N–H and O–H groups in total. The van der Waals surface area contributed by atoms with Gasteiger partial charge in [0.1, 0.15) is 0 Å². The molecule has 9 heteroatoms. The minimum absolute atomic E-state index is 0.158. The molecule has 3 rings (SSSR count). The number of aromatic nitrogens is 4. The Hall–Kier alpha value is -3.04. The van der Waals surface area contributed by atoms with Crippen molar-refractivity contribution >= 4 is 17.0 Å². The van der Waals surface area contributed by atoms with Crippen LogP contribution in [0.4, 0.5) is 5.82 Å². The van der Waals surface area contributed by atoms with E-state index in [0.29, 0.717) is 36.8 Å². The molecule has 9 nitrogen and oxygen atoms in total. The molecule has 1 atom stereocenters. The van der Waals surface area contributed by atoms with Crippen LogP contribution in [0.2, 0.25) is 0 Å². The first-order chi connectivity index (χ1) is 14.5. The first kappa shape index (κ1) is 21.7. The van der Waals surface area contributed by atoms with Gasteiger partial charge in [-0.3, -0.25) is 9.36 Å². The second-order valence-electron chi connectivity index (χ2n) is 6.92. The third-order valence-electron chi connectivity index (χ3n) is 4.45. The summed E-state index contributed by atoms with van der Waals surface area (Å²) in [5.74, 6) is 0.679. The molecular formula is C21H27N5O4. The zero-order valence-corrected chi connectivity index (χ0v) is 17.5. The minimum atomic E-state index is -0.610. The lowest BCUT2D eigenvalue weighted by Gasteiger charge is -2.14. The largest absolute Gasteiger partial charge is 0.481 e. The average Bonchev–Trinajstić information content (AvgIpc) is 2.76. The Labute approximate surface area is 174 Å². The van der Waals surface area contributed by atoms with Gasteiger partial charge in [-0.2, -0.15) is 0 Å². The molecule has 30 heavy (non-hydrogen) atoms. The molecule has 0 aliphatic carbocycles. The van der Waals surface area contributed by atoms with Crippen LogP contribution in [0.1, 0.15) is 20.3 Å². The van der Waals surface area contributed by atoms with Crippen molar-refractivity contribution in [1.29, 1.82) is 0 Å². The fraction of sp³-hybridized carbons (Fsp3) is 0.429. The van der Waals surface area contributed by atoms with E-state index in [1.54, 1.807) is 37.1 Å². The smallest absolute Gasteiger partial charge is 0.293 e. The van der Waals surface area contributed by atoms with Crippen molar-refractivity contribution in [2.75, 3.05) is 32.2 Å². The van der Waals surface area contributed by atoms with Crippen LogP contribution in [-0.2, 0) is 11.3 Å². The van der Waals surface area contributed by atoms with Crippen LogP contribution >= 0.6 is 0 Å². The number of aliphatic hydroxyl groups excluding tert-OH is 1. The maximum Gasteiger partial charge on any atom is 0.293 e. The summed E-state index contributed by atoms with van der Waals surface area (Å²) >= 11 is 0. The Morgan fingerprint density at radius 3 is 2.67 bits per heavy atom. The molecule has 0 aliphatic rings. The van der Waals surface area contributed by atoms with Gasteiger partial charge in [-0.1, -0.05) is 6.92 Å². The number of hydrogen-bond donors (Lipinski definition) is 2. The topological polar surface area (TPSA) is 111 Å². The molecule has 0 unspecified atom stereocenters. The van der Waals surface area contributed by atoms with Gasteiger partial charge in [0, 0.05) is 49.3 Å². The summed E-state index contributed by atoms with van der Waals surface area (Å²) in [7, 11) is 1.56. The van der Waals surface area contributed by atoms with Crippen LogP contribution in [0, 0.1) is 0 Å². The van der Waals surface area contributed by atoms with Crippen LogP contribution < -0.4 is 15.6 Å². The molecular weight excluding hydrogens is 386 g/mol. The van der Waals surface area contributed by atoms with E-state index >= 15 is 0 Å². The van der Waals surface area contributed by atoms with Gasteiger partial charge >= 0.3 is 0 Å². The van der Waals surface area contributed by atoms with Crippen molar-refractivity contribution < 1.29 is 14.6 Å². The summed E-state index contributed by atoms with van der Waals surface area (Å²) in [6, 6.07) is 5.53. The average molecular weight is 413 g/mol. The number of pyridine rings is 2. The van der Waals surface area contributed by atoms with E-state index in [4.69, 9.17) is 9.47 Å². The quantitative estimate of drug-likeness (QED) is 0.486. The predicted octanol–water partition coefficient (Wildman–Crippen LogP) is 2.08. The maximum atomic E-state index is 13.0. The number of anilines is 1. The molecule has 3 aromatic rings. The number of hydrogen-bond acceptors (Lipinski definition) is 8. The highest BCUT2D eigenvalue weighted by atomic mass is 16.5. The molecule has 0 radical (unpaired) electrons. The van der Waals surface area contributed by atoms with Crippen molar-refractivity contribution in [2.45, 2.75) is 32.9 Å². The number of methoxy groups -OCH3 is 1. The lowest BCUT2D eigenvalue weighted by atomic mass is 10.1. The molecule has 0 aromatic carbocycles. The fourth-order valence-corrected chi connectivity index (χ4v) is 2.94. The van der Waals surface area contributed by atoms with Gasteiger partial charge in [-0.25, -0.2) is 15.0 Å². The fourth-order valence-electron chi connectivity index (χ4n) is 2.94. The Balaban J connectivity index is 2.03. The Bertz CT molecular complexity index is 1030. The SMILES string of the molecule is CCCOCCn1c(=O)c(NC[C@@H](C)O)nc2ncc(-c3ccc(OC)nc3)cc21. The number of aliphatic hydroxyl groups is 1. The molecule has 0 saturated carbocycles. The highest BCUT2D eigenvalue weighted by Crippen LogP contribution is 2.23. The van der Waals surface area contributed by atoms with Crippen LogP contribution in [0.15, 0.2) is 35.4 Å². The summed E-state index contributed by atoms with van der Waals surface area (Å²) in [5, 5.41) is 12.4. The summed E-state index contributed by atoms with van der Waals surface area (Å²) in [6.07, 6.45) is 3.69. The van der Waals surface area contributed by atoms with E-state index in [-0.39, 0.29) is 17.9 Å². The third kappa shape index (κ3) is 5.11. The van der Waals surface area contributed by atoms with Crippen LogP contribution in [0.3, 0.4) is 0 Å². The van der Waals surface area contributed by atoms with E-state index < -0.39 is 6.10 Å². The number of nitrogens with zero attached hydrogens (tertiary/aromatic N) is 4. The predicted molar refractivity (Wildman–Crippen MR) is 115 cm³/mol. The monoisotopic (exact) mass is 413 g/mol. The second kappa shape index (κ2) is 10.1. The zero-order chi connectivity index (χ0) is 21.5. The molecule has 0 spiro atoms. The minimum Gasteiger partial charge on any atom is -0.481 e. The van der Waals surface area contributed by atoms with Gasteiger partial charge in [-0.15, -0.1) is 0 Å². The lowest BCUT2D eigenvalue weighted by molar-refractivity contribution is 0.127. The Morgan fingerprint density at radius 1 is 1.20 bits per heavy atom. The third-order valence-corrected chi connectivity index (χ3v) is 4.45. The standard InChI is InChI=1S/C21H27N5O4/c1-4-8-30-9-7-26-17-10-16(15-5-6-18(29-3)22-12-15)13-24-19(17)25-20(21(26)28)23-11-14(2)27/h5-6,10,12-14,27H,4,7-9,11H2,1-3H3,(H,23,24,25)/t14-/m1/s1. The summed E-state index contributed by atoms with van der Waals surface area (Å²) in [6.45, 7) is 5.29. The Kier molecular flexibility index (Phi) is 7.31. The molecule has 0 bridgehead atoms. The van der Waals surface area contributed by atoms with E-state index in [0.717, 1.165) is 17.5 Å². The maximum absolute atomic E-state index is 13.0. The van der Waals surface area contributed by atoms with Crippen molar-refractivity contribution in [3.63, 3.8) is 0 Å². The molecule has 0 fully saturated rings. The second-order valence-corrected chi connectivity index (χ2v) is 6.92.